The Labute approximate surface area is 178 Å². The van der Waals surface area contributed by atoms with Crippen molar-refractivity contribution in [2.75, 3.05) is 24.6 Å². The number of anilines is 1. The summed E-state index contributed by atoms with van der Waals surface area (Å²) in [5.41, 5.74) is 2.81. The number of nitrogens with zero attached hydrogens (tertiary/aromatic N) is 2. The van der Waals surface area contributed by atoms with E-state index in [-0.39, 0.29) is 16.8 Å². The van der Waals surface area contributed by atoms with E-state index < -0.39 is 10.0 Å². The summed E-state index contributed by atoms with van der Waals surface area (Å²) < 4.78 is 34.7. The van der Waals surface area contributed by atoms with Crippen molar-refractivity contribution in [3.05, 3.63) is 53.6 Å². The molecule has 2 aromatic carbocycles. The monoisotopic (exact) mass is 428 g/mol. The van der Waals surface area contributed by atoms with Crippen LogP contribution in [0.15, 0.2) is 47.4 Å². The minimum Gasteiger partial charge on any atom is -0.489 e. The second-order valence-electron chi connectivity index (χ2n) is 8.04. The number of fused-ring (bicyclic) bond motifs is 1. The van der Waals surface area contributed by atoms with Crippen molar-refractivity contribution in [3.8, 4) is 5.75 Å². The lowest BCUT2D eigenvalue weighted by Crippen LogP contribution is -2.37. The molecule has 1 fully saturated rings. The lowest BCUT2D eigenvalue weighted by atomic mass is 10.0. The van der Waals surface area contributed by atoms with Crippen molar-refractivity contribution in [3.63, 3.8) is 0 Å². The van der Waals surface area contributed by atoms with Crippen molar-refractivity contribution in [1.82, 2.24) is 4.31 Å². The zero-order valence-corrected chi connectivity index (χ0v) is 18.3. The summed E-state index contributed by atoms with van der Waals surface area (Å²) in [6, 6.07) is 12.8. The first-order valence-electron chi connectivity index (χ1n) is 10.5. The Bertz CT molecular complexity index is 1030. The second kappa shape index (κ2) is 8.40. The highest BCUT2D eigenvalue weighted by molar-refractivity contribution is 7.89. The highest BCUT2D eigenvalue weighted by Gasteiger charge is 2.34. The molecule has 7 heteroatoms. The molecule has 0 aromatic heterocycles. The van der Waals surface area contributed by atoms with Gasteiger partial charge in [-0.15, -0.1) is 0 Å². The van der Waals surface area contributed by atoms with E-state index in [1.54, 1.807) is 27.4 Å². The molecule has 0 bridgehead atoms. The van der Waals surface area contributed by atoms with E-state index in [1.807, 2.05) is 31.2 Å². The van der Waals surface area contributed by atoms with E-state index in [4.69, 9.17) is 4.74 Å². The van der Waals surface area contributed by atoms with Crippen LogP contribution >= 0.6 is 0 Å². The van der Waals surface area contributed by atoms with E-state index in [9.17, 15) is 13.2 Å². The van der Waals surface area contributed by atoms with Crippen molar-refractivity contribution in [2.24, 2.45) is 0 Å². The van der Waals surface area contributed by atoms with Crippen molar-refractivity contribution >= 4 is 21.6 Å². The molecule has 2 heterocycles. The van der Waals surface area contributed by atoms with Gasteiger partial charge >= 0.3 is 0 Å². The van der Waals surface area contributed by atoms with Gasteiger partial charge in [-0.25, -0.2) is 8.42 Å². The molecule has 2 aliphatic heterocycles. The molecule has 160 valence electrons. The predicted octanol–water partition coefficient (Wildman–Crippen LogP) is 4.05. The molecular formula is C23H28N2O4S. The zero-order chi connectivity index (χ0) is 21.3. The minimum absolute atomic E-state index is 0.0814. The Morgan fingerprint density at radius 3 is 2.53 bits per heavy atom. The summed E-state index contributed by atoms with van der Waals surface area (Å²) in [4.78, 5) is 13.7. The van der Waals surface area contributed by atoms with Crippen LogP contribution in [0, 0.1) is 6.92 Å². The predicted molar refractivity (Wildman–Crippen MR) is 116 cm³/mol. The average molecular weight is 429 g/mol. The van der Waals surface area contributed by atoms with Gasteiger partial charge in [-0.2, -0.15) is 4.31 Å². The molecule has 0 saturated carbocycles. The van der Waals surface area contributed by atoms with Crippen molar-refractivity contribution < 1.29 is 17.9 Å². The van der Waals surface area contributed by atoms with Crippen LogP contribution in [0.4, 0.5) is 5.69 Å². The van der Waals surface area contributed by atoms with Crippen LogP contribution in [0.1, 0.15) is 49.8 Å². The summed E-state index contributed by atoms with van der Waals surface area (Å²) in [7, 11) is -3.71. The largest absolute Gasteiger partial charge is 0.489 e. The molecule has 0 N–H and O–H groups in total. The van der Waals surface area contributed by atoms with Crippen LogP contribution in [0.2, 0.25) is 0 Å². The molecule has 6 nitrogen and oxygen atoms in total. The number of sulfonamides is 1. The van der Waals surface area contributed by atoms with Gasteiger partial charge in [-0.05, 0) is 37.5 Å². The Hall–Kier alpha value is -2.38. The third-order valence-corrected chi connectivity index (χ3v) is 7.85. The molecule has 4 rings (SSSR count). The molecule has 0 spiro atoms. The van der Waals surface area contributed by atoms with Crippen LogP contribution in [-0.4, -0.2) is 38.3 Å². The van der Waals surface area contributed by atoms with Crippen LogP contribution < -0.4 is 9.64 Å². The fourth-order valence-electron chi connectivity index (χ4n) is 4.31. The minimum atomic E-state index is -3.71. The Morgan fingerprint density at radius 1 is 1.03 bits per heavy atom. The molecule has 1 atom stereocenters. The van der Waals surface area contributed by atoms with Gasteiger partial charge < -0.3 is 9.64 Å². The van der Waals surface area contributed by atoms with Gasteiger partial charge in [-0.1, -0.05) is 42.7 Å². The van der Waals surface area contributed by atoms with Gasteiger partial charge in [0.1, 0.15) is 12.4 Å². The first-order valence-corrected chi connectivity index (χ1v) is 12.0. The summed E-state index contributed by atoms with van der Waals surface area (Å²) in [5.74, 6) is 0.362. The lowest BCUT2D eigenvalue weighted by molar-refractivity contribution is -0.116. The summed E-state index contributed by atoms with van der Waals surface area (Å²) in [6.07, 6.45) is 3.68. The van der Waals surface area contributed by atoms with E-state index in [0.717, 1.165) is 36.8 Å². The van der Waals surface area contributed by atoms with Gasteiger partial charge in [0.15, 0.2) is 0 Å². The average Bonchev–Trinajstić information content (AvgIpc) is 3.00. The number of amides is 1. The quantitative estimate of drug-likeness (QED) is 0.740. The van der Waals surface area contributed by atoms with Crippen LogP contribution in [0.25, 0.3) is 0 Å². The fraction of sp³-hybridized carbons (Fsp3) is 0.435. The molecular weight excluding hydrogens is 400 g/mol. The third kappa shape index (κ3) is 3.96. The first kappa shape index (κ1) is 20.9. The smallest absolute Gasteiger partial charge is 0.243 e. The van der Waals surface area contributed by atoms with E-state index >= 15 is 0 Å². The SMILES string of the molecule is CC(=O)N1CCOc2cc(S(=O)(=O)N3CCCCC[C@H]3c3ccc(C)cc3)ccc21. The standard InChI is InChI=1S/C23H28N2O4S/c1-17-7-9-19(10-8-17)21-6-4-3-5-13-25(21)30(27,28)20-11-12-22-23(16-20)29-15-14-24(22)18(2)26/h7-12,16,21H,3-6,13-15H2,1-2H3/t21-/m0/s1. The molecule has 1 saturated heterocycles. The highest BCUT2D eigenvalue weighted by Crippen LogP contribution is 2.38. The van der Waals surface area contributed by atoms with Gasteiger partial charge in [0.05, 0.1) is 23.2 Å². The molecule has 0 unspecified atom stereocenters. The van der Waals surface area contributed by atoms with E-state index in [2.05, 4.69) is 0 Å². The normalized spacial score (nSPS) is 20.2. The number of hydrogen-bond acceptors (Lipinski definition) is 4. The lowest BCUT2D eigenvalue weighted by Gasteiger charge is -2.31. The Morgan fingerprint density at radius 2 is 1.80 bits per heavy atom. The zero-order valence-electron chi connectivity index (χ0n) is 17.5. The van der Waals surface area contributed by atoms with Gasteiger partial charge in [-0.3, -0.25) is 4.79 Å². The number of ether oxygens (including phenoxy) is 1. The Balaban J connectivity index is 1.72. The molecule has 2 aliphatic rings. The summed E-state index contributed by atoms with van der Waals surface area (Å²) in [5, 5.41) is 0. The maximum Gasteiger partial charge on any atom is 0.243 e. The number of benzene rings is 2. The molecule has 30 heavy (non-hydrogen) atoms. The van der Waals surface area contributed by atoms with E-state index in [0.29, 0.717) is 31.1 Å². The molecule has 0 radical (unpaired) electrons. The van der Waals surface area contributed by atoms with Gasteiger partial charge in [0.25, 0.3) is 0 Å². The summed E-state index contributed by atoms with van der Waals surface area (Å²) >= 11 is 0. The number of carbonyl (C=O) groups is 1. The van der Waals surface area contributed by atoms with Gasteiger partial charge in [0.2, 0.25) is 15.9 Å². The van der Waals surface area contributed by atoms with Gasteiger partial charge in [0, 0.05) is 19.5 Å². The Kier molecular flexibility index (Phi) is 5.84. The first-order chi connectivity index (χ1) is 14.4. The molecule has 0 aliphatic carbocycles. The third-order valence-electron chi connectivity index (χ3n) is 5.95. The maximum atomic E-state index is 13.7. The number of hydrogen-bond donors (Lipinski definition) is 0. The number of rotatable bonds is 3. The van der Waals surface area contributed by atoms with Crippen molar-refractivity contribution in [1.29, 1.82) is 0 Å². The van der Waals surface area contributed by atoms with E-state index in [1.165, 1.54) is 6.92 Å². The van der Waals surface area contributed by atoms with Crippen LogP contribution in [-0.2, 0) is 14.8 Å². The second-order valence-corrected chi connectivity index (χ2v) is 9.93. The number of carbonyl (C=O) groups excluding carboxylic acids is 1. The van der Waals surface area contributed by atoms with Crippen LogP contribution in [0.3, 0.4) is 0 Å². The number of aryl methyl sites for hydroxylation is 1. The molecule has 1 amide bonds. The maximum absolute atomic E-state index is 13.7. The topological polar surface area (TPSA) is 66.9 Å². The molecule has 2 aromatic rings. The van der Waals surface area contributed by atoms with Crippen molar-refractivity contribution in [2.45, 2.75) is 50.5 Å². The highest BCUT2D eigenvalue weighted by atomic mass is 32.2. The summed E-state index contributed by atoms with van der Waals surface area (Å²) in [6.45, 7) is 4.85. The fourth-order valence-corrected chi connectivity index (χ4v) is 6.01. The van der Waals surface area contributed by atoms with Crippen LogP contribution in [0.5, 0.6) is 5.75 Å².